The quantitative estimate of drug-likeness (QED) is 0.526. The summed E-state index contributed by atoms with van der Waals surface area (Å²) in [5.74, 6) is 0.838. The molecule has 3 heterocycles. The van der Waals surface area contributed by atoms with Crippen LogP contribution in [0.3, 0.4) is 0 Å². The molecule has 27 heavy (non-hydrogen) atoms. The summed E-state index contributed by atoms with van der Waals surface area (Å²) in [7, 11) is 1.82. The van der Waals surface area contributed by atoms with Crippen LogP contribution in [0.2, 0.25) is 0 Å². The summed E-state index contributed by atoms with van der Waals surface area (Å²) in [6, 6.07) is 11.6. The number of aromatic nitrogens is 2. The van der Waals surface area contributed by atoms with Crippen LogP contribution in [0.15, 0.2) is 53.1 Å². The molecule has 2 aromatic heterocycles. The van der Waals surface area contributed by atoms with Crippen molar-refractivity contribution in [2.45, 2.75) is 38.5 Å². The minimum Gasteiger partial charge on any atom is -0.352 e. The lowest BCUT2D eigenvalue weighted by Crippen LogP contribution is -2.44. The summed E-state index contributed by atoms with van der Waals surface area (Å²) in [5.41, 5.74) is 2.39. The molecule has 4 rings (SSSR count). The maximum atomic E-state index is 4.61. The van der Waals surface area contributed by atoms with E-state index in [0.29, 0.717) is 18.6 Å². The van der Waals surface area contributed by atoms with E-state index in [1.807, 2.05) is 18.6 Å². The molecule has 2 unspecified atom stereocenters. The molecule has 142 valence electrons. The fraction of sp³-hybridized carbons (Fsp3) is 0.400. The number of thiazole rings is 1. The highest BCUT2D eigenvalue weighted by Crippen LogP contribution is 2.20. The summed E-state index contributed by atoms with van der Waals surface area (Å²) >= 11 is 1.65. The highest BCUT2D eigenvalue weighted by atomic mass is 32.1. The van der Waals surface area contributed by atoms with Gasteiger partial charge in [0.1, 0.15) is 0 Å². The topological polar surface area (TPSA) is 57.0 Å². The molecule has 1 aliphatic heterocycles. The van der Waals surface area contributed by atoms with E-state index in [4.69, 9.17) is 0 Å². The van der Waals surface area contributed by atoms with Gasteiger partial charge in [0.25, 0.3) is 0 Å². The molecule has 2 atom stereocenters. The first-order valence-corrected chi connectivity index (χ1v) is 10.3. The number of fused-ring (bicyclic) bond motifs is 1. The number of aliphatic imine (C=N–C) groups is 1. The van der Waals surface area contributed by atoms with Crippen LogP contribution in [0.5, 0.6) is 0 Å². The summed E-state index contributed by atoms with van der Waals surface area (Å²) in [4.78, 5) is 12.6. The van der Waals surface area contributed by atoms with Crippen molar-refractivity contribution >= 4 is 22.3 Å². The Morgan fingerprint density at radius 1 is 1.33 bits per heavy atom. The molecular weight excluding hydrogens is 356 g/mol. The smallest absolute Gasteiger partial charge is 0.193 e. The van der Waals surface area contributed by atoms with E-state index in [0.717, 1.165) is 36.1 Å². The SMILES string of the molecule is CN=C(NCc1cn2ccsc2n1)NC1CC(C)N(Cc2ccccc2)C1. The van der Waals surface area contributed by atoms with E-state index in [2.05, 4.69) is 73.4 Å². The number of hydrogen-bond acceptors (Lipinski definition) is 4. The second-order valence-electron chi connectivity index (χ2n) is 7.09. The summed E-state index contributed by atoms with van der Waals surface area (Å²) < 4.78 is 2.05. The van der Waals surface area contributed by atoms with Gasteiger partial charge in [0, 0.05) is 50.0 Å². The molecule has 0 bridgehead atoms. The van der Waals surface area contributed by atoms with Crippen molar-refractivity contribution in [1.82, 2.24) is 24.9 Å². The number of rotatable bonds is 5. The summed E-state index contributed by atoms with van der Waals surface area (Å²) in [6.07, 6.45) is 5.21. The van der Waals surface area contributed by atoms with Crippen LogP contribution in [-0.2, 0) is 13.1 Å². The third kappa shape index (κ3) is 4.31. The van der Waals surface area contributed by atoms with Crippen LogP contribution < -0.4 is 10.6 Å². The molecular formula is C20H26N6S. The Hall–Kier alpha value is -2.38. The second-order valence-corrected chi connectivity index (χ2v) is 7.96. The van der Waals surface area contributed by atoms with E-state index in [1.54, 1.807) is 11.3 Å². The van der Waals surface area contributed by atoms with Crippen molar-refractivity contribution in [1.29, 1.82) is 0 Å². The standard InChI is InChI=1S/C20H26N6S/c1-15-10-17(13-26(15)12-16-6-4-3-5-7-16)23-19(21-2)22-11-18-14-25-8-9-27-20(25)24-18/h3-9,14-15,17H,10-13H2,1-2H3,(H2,21,22,23). The molecule has 0 amide bonds. The molecule has 1 saturated heterocycles. The van der Waals surface area contributed by atoms with Gasteiger partial charge < -0.3 is 10.6 Å². The van der Waals surface area contributed by atoms with Gasteiger partial charge in [0.2, 0.25) is 0 Å². The van der Waals surface area contributed by atoms with Crippen molar-refractivity contribution in [3.05, 3.63) is 59.4 Å². The molecule has 0 spiro atoms. The Labute approximate surface area is 164 Å². The number of likely N-dealkylation sites (tertiary alicyclic amines) is 1. The lowest BCUT2D eigenvalue weighted by atomic mass is 10.2. The number of nitrogens with zero attached hydrogens (tertiary/aromatic N) is 4. The van der Waals surface area contributed by atoms with Crippen molar-refractivity contribution in [2.24, 2.45) is 4.99 Å². The molecule has 6 nitrogen and oxygen atoms in total. The Morgan fingerprint density at radius 3 is 2.96 bits per heavy atom. The zero-order valence-electron chi connectivity index (χ0n) is 15.8. The third-order valence-corrected chi connectivity index (χ3v) is 5.85. The number of nitrogens with one attached hydrogen (secondary N) is 2. The van der Waals surface area contributed by atoms with E-state index >= 15 is 0 Å². The Kier molecular flexibility index (Phi) is 5.40. The molecule has 1 aromatic carbocycles. The van der Waals surface area contributed by atoms with Gasteiger partial charge >= 0.3 is 0 Å². The van der Waals surface area contributed by atoms with Gasteiger partial charge in [-0.15, -0.1) is 11.3 Å². The van der Waals surface area contributed by atoms with Gasteiger partial charge in [-0.2, -0.15) is 0 Å². The highest BCUT2D eigenvalue weighted by molar-refractivity contribution is 7.15. The normalized spacial score (nSPS) is 21.0. The first-order valence-electron chi connectivity index (χ1n) is 9.37. The Balaban J connectivity index is 1.30. The van der Waals surface area contributed by atoms with E-state index < -0.39 is 0 Å². The van der Waals surface area contributed by atoms with Gasteiger partial charge in [-0.1, -0.05) is 30.3 Å². The molecule has 1 aliphatic rings. The van der Waals surface area contributed by atoms with E-state index in [1.165, 1.54) is 5.56 Å². The van der Waals surface area contributed by atoms with Crippen LogP contribution in [-0.4, -0.2) is 45.9 Å². The van der Waals surface area contributed by atoms with Crippen molar-refractivity contribution < 1.29 is 0 Å². The number of benzene rings is 1. The largest absolute Gasteiger partial charge is 0.352 e. The van der Waals surface area contributed by atoms with Crippen molar-refractivity contribution in [2.75, 3.05) is 13.6 Å². The van der Waals surface area contributed by atoms with Crippen molar-refractivity contribution in [3.8, 4) is 0 Å². The van der Waals surface area contributed by atoms with E-state index in [-0.39, 0.29) is 0 Å². The number of imidazole rings is 1. The van der Waals surface area contributed by atoms with Crippen LogP contribution in [0.4, 0.5) is 0 Å². The van der Waals surface area contributed by atoms with Gasteiger partial charge in [-0.3, -0.25) is 14.3 Å². The maximum absolute atomic E-state index is 4.61. The zero-order valence-corrected chi connectivity index (χ0v) is 16.6. The highest BCUT2D eigenvalue weighted by Gasteiger charge is 2.29. The molecule has 7 heteroatoms. The van der Waals surface area contributed by atoms with Gasteiger partial charge in [-0.05, 0) is 18.9 Å². The van der Waals surface area contributed by atoms with Gasteiger partial charge in [-0.25, -0.2) is 4.98 Å². The fourth-order valence-electron chi connectivity index (χ4n) is 3.66. The van der Waals surface area contributed by atoms with Crippen LogP contribution in [0, 0.1) is 0 Å². The Morgan fingerprint density at radius 2 is 2.19 bits per heavy atom. The Bertz CT molecular complexity index is 871. The van der Waals surface area contributed by atoms with Crippen molar-refractivity contribution in [3.63, 3.8) is 0 Å². The van der Waals surface area contributed by atoms with Crippen LogP contribution in [0.1, 0.15) is 24.6 Å². The molecule has 1 fully saturated rings. The summed E-state index contributed by atoms with van der Waals surface area (Å²) in [5, 5.41) is 9.01. The predicted molar refractivity (Wildman–Crippen MR) is 111 cm³/mol. The van der Waals surface area contributed by atoms with Gasteiger partial charge in [0.05, 0.1) is 12.2 Å². The minimum absolute atomic E-state index is 0.403. The lowest BCUT2D eigenvalue weighted by molar-refractivity contribution is 0.258. The average Bonchev–Trinajstić information content (AvgIpc) is 3.35. The fourth-order valence-corrected chi connectivity index (χ4v) is 4.38. The molecule has 0 aliphatic carbocycles. The first-order chi connectivity index (χ1) is 13.2. The van der Waals surface area contributed by atoms with Crippen LogP contribution >= 0.6 is 11.3 Å². The molecule has 0 saturated carbocycles. The van der Waals surface area contributed by atoms with E-state index in [9.17, 15) is 0 Å². The third-order valence-electron chi connectivity index (χ3n) is 5.08. The average molecular weight is 383 g/mol. The lowest BCUT2D eigenvalue weighted by Gasteiger charge is -2.21. The number of guanidine groups is 1. The predicted octanol–water partition coefficient (Wildman–Crippen LogP) is 2.72. The van der Waals surface area contributed by atoms with Crippen LogP contribution in [0.25, 0.3) is 4.96 Å². The van der Waals surface area contributed by atoms with Gasteiger partial charge in [0.15, 0.2) is 10.9 Å². The first kappa shape index (κ1) is 18.0. The molecule has 3 aromatic rings. The minimum atomic E-state index is 0.403. The monoisotopic (exact) mass is 382 g/mol. The number of hydrogen-bond donors (Lipinski definition) is 2. The zero-order chi connectivity index (χ0) is 18.6. The molecule has 0 radical (unpaired) electrons. The summed E-state index contributed by atoms with van der Waals surface area (Å²) in [6.45, 7) is 5.00. The molecule has 2 N–H and O–H groups in total. The second kappa shape index (κ2) is 8.10. The maximum Gasteiger partial charge on any atom is 0.193 e.